The molecule has 1 aromatic rings. The molecular formula is C11H18N4O2S. The van der Waals surface area contributed by atoms with Gasteiger partial charge in [-0.2, -0.15) is 4.31 Å². The standard InChI is InChI=1S/C11H18N4O2S/c1-8-6-15(7-9(8)2)18(16,17)11-5-13-4-3-10(11)14-12/h3-5,8-9H,6-7,12H2,1-2H3,(H,13,14). The third-order valence-electron chi connectivity index (χ3n) is 3.51. The Hall–Kier alpha value is -1.18. The van der Waals surface area contributed by atoms with Crippen LogP contribution >= 0.6 is 0 Å². The number of hydrazine groups is 1. The molecular weight excluding hydrogens is 252 g/mol. The van der Waals surface area contributed by atoms with E-state index in [1.165, 1.54) is 16.7 Å². The summed E-state index contributed by atoms with van der Waals surface area (Å²) in [5.41, 5.74) is 2.77. The molecule has 1 saturated heterocycles. The van der Waals surface area contributed by atoms with Crippen molar-refractivity contribution in [2.45, 2.75) is 18.7 Å². The van der Waals surface area contributed by atoms with Crippen molar-refractivity contribution in [1.82, 2.24) is 9.29 Å². The Balaban J connectivity index is 2.37. The van der Waals surface area contributed by atoms with Gasteiger partial charge in [0.2, 0.25) is 10.0 Å². The van der Waals surface area contributed by atoms with Crippen molar-refractivity contribution in [3.05, 3.63) is 18.5 Å². The molecule has 0 aliphatic carbocycles. The summed E-state index contributed by atoms with van der Waals surface area (Å²) in [7, 11) is -3.52. The molecule has 1 aliphatic heterocycles. The lowest BCUT2D eigenvalue weighted by atomic mass is 10.0. The lowest BCUT2D eigenvalue weighted by Crippen LogP contribution is -2.30. The van der Waals surface area contributed by atoms with E-state index in [2.05, 4.69) is 24.3 Å². The highest BCUT2D eigenvalue weighted by molar-refractivity contribution is 7.89. The maximum Gasteiger partial charge on any atom is 0.246 e. The summed E-state index contributed by atoms with van der Waals surface area (Å²) in [4.78, 5) is 4.00. The monoisotopic (exact) mass is 270 g/mol. The summed E-state index contributed by atoms with van der Waals surface area (Å²) in [5.74, 6) is 6.07. The molecule has 2 atom stereocenters. The summed E-state index contributed by atoms with van der Waals surface area (Å²) in [6, 6.07) is 1.55. The Kier molecular flexibility index (Phi) is 3.56. The predicted octanol–water partition coefficient (Wildman–Crippen LogP) is 0.644. The van der Waals surface area contributed by atoms with Crippen LogP contribution in [-0.4, -0.2) is 30.8 Å². The van der Waals surface area contributed by atoms with E-state index in [0.29, 0.717) is 30.6 Å². The van der Waals surface area contributed by atoms with E-state index in [0.717, 1.165) is 0 Å². The number of sulfonamides is 1. The third kappa shape index (κ3) is 2.21. The van der Waals surface area contributed by atoms with Gasteiger partial charge in [0.05, 0.1) is 5.69 Å². The summed E-state index contributed by atoms with van der Waals surface area (Å²) >= 11 is 0. The molecule has 2 unspecified atom stereocenters. The van der Waals surface area contributed by atoms with Crippen LogP contribution < -0.4 is 11.3 Å². The molecule has 7 heteroatoms. The van der Waals surface area contributed by atoms with Crippen LogP contribution in [0.15, 0.2) is 23.4 Å². The molecule has 1 aromatic heterocycles. The van der Waals surface area contributed by atoms with Crippen LogP contribution in [0.3, 0.4) is 0 Å². The average molecular weight is 270 g/mol. The topological polar surface area (TPSA) is 88.3 Å². The third-order valence-corrected chi connectivity index (χ3v) is 5.37. The number of nitrogens with zero attached hydrogens (tertiary/aromatic N) is 2. The van der Waals surface area contributed by atoms with E-state index in [-0.39, 0.29) is 4.90 Å². The summed E-state index contributed by atoms with van der Waals surface area (Å²) in [6.07, 6.45) is 2.83. The minimum absolute atomic E-state index is 0.133. The fraction of sp³-hybridized carbons (Fsp3) is 0.545. The number of aromatic nitrogens is 1. The number of nitrogens with one attached hydrogen (secondary N) is 1. The summed E-state index contributed by atoms with van der Waals surface area (Å²) in [6.45, 7) is 5.21. The van der Waals surface area contributed by atoms with Gasteiger partial charge < -0.3 is 5.43 Å². The smallest absolute Gasteiger partial charge is 0.246 e. The maximum atomic E-state index is 12.5. The normalized spacial score (nSPS) is 25.3. The molecule has 2 rings (SSSR count). The number of hydrogen-bond donors (Lipinski definition) is 2. The summed E-state index contributed by atoms with van der Waals surface area (Å²) < 4.78 is 26.5. The van der Waals surface area contributed by atoms with Gasteiger partial charge in [-0.1, -0.05) is 13.8 Å². The number of anilines is 1. The predicted molar refractivity (Wildman–Crippen MR) is 69.1 cm³/mol. The van der Waals surface area contributed by atoms with Gasteiger partial charge in [0.15, 0.2) is 0 Å². The van der Waals surface area contributed by atoms with Crippen molar-refractivity contribution >= 4 is 15.7 Å². The zero-order chi connectivity index (χ0) is 13.3. The fourth-order valence-corrected chi connectivity index (χ4v) is 3.86. The maximum absolute atomic E-state index is 12.5. The van der Waals surface area contributed by atoms with E-state index in [1.54, 1.807) is 6.07 Å². The molecule has 1 aliphatic rings. The van der Waals surface area contributed by atoms with Crippen LogP contribution in [-0.2, 0) is 10.0 Å². The SMILES string of the molecule is CC1CN(S(=O)(=O)c2cnccc2NN)CC1C. The van der Waals surface area contributed by atoms with Crippen molar-refractivity contribution < 1.29 is 8.42 Å². The molecule has 3 N–H and O–H groups in total. The highest BCUT2D eigenvalue weighted by Gasteiger charge is 2.36. The minimum Gasteiger partial charge on any atom is -0.323 e. The first kappa shape index (κ1) is 13.3. The molecule has 0 spiro atoms. The quantitative estimate of drug-likeness (QED) is 0.621. The van der Waals surface area contributed by atoms with E-state index < -0.39 is 10.0 Å². The Bertz CT molecular complexity index is 522. The molecule has 2 heterocycles. The van der Waals surface area contributed by atoms with E-state index in [4.69, 9.17) is 5.84 Å². The van der Waals surface area contributed by atoms with Gasteiger partial charge >= 0.3 is 0 Å². The fourth-order valence-electron chi connectivity index (χ4n) is 2.12. The van der Waals surface area contributed by atoms with Gasteiger partial charge in [-0.15, -0.1) is 0 Å². The number of nitrogens with two attached hydrogens (primary N) is 1. The second-order valence-corrected chi connectivity index (χ2v) is 6.70. The zero-order valence-electron chi connectivity index (χ0n) is 10.5. The molecule has 0 bridgehead atoms. The molecule has 6 nitrogen and oxygen atoms in total. The Morgan fingerprint density at radius 2 is 2.00 bits per heavy atom. The van der Waals surface area contributed by atoms with Crippen molar-refractivity contribution in [3.8, 4) is 0 Å². The van der Waals surface area contributed by atoms with Crippen molar-refractivity contribution in [2.75, 3.05) is 18.5 Å². The number of pyridine rings is 1. The first-order chi connectivity index (χ1) is 8.46. The van der Waals surface area contributed by atoms with Gasteiger partial charge in [-0.3, -0.25) is 10.8 Å². The van der Waals surface area contributed by atoms with Crippen LogP contribution in [0, 0.1) is 11.8 Å². The highest BCUT2D eigenvalue weighted by Crippen LogP contribution is 2.30. The summed E-state index contributed by atoms with van der Waals surface area (Å²) in [5, 5.41) is 0. The van der Waals surface area contributed by atoms with Crippen LogP contribution in [0.1, 0.15) is 13.8 Å². The van der Waals surface area contributed by atoms with Gasteiger partial charge in [0.1, 0.15) is 4.90 Å². The number of hydrogen-bond acceptors (Lipinski definition) is 5. The molecule has 0 aromatic carbocycles. The van der Waals surface area contributed by atoms with E-state index in [1.807, 2.05) is 0 Å². The Labute approximate surface area is 107 Å². The lowest BCUT2D eigenvalue weighted by Gasteiger charge is -2.17. The van der Waals surface area contributed by atoms with Gasteiger partial charge in [0.25, 0.3) is 0 Å². The number of rotatable bonds is 3. The van der Waals surface area contributed by atoms with Crippen LogP contribution in [0.4, 0.5) is 5.69 Å². The zero-order valence-corrected chi connectivity index (χ0v) is 11.3. The first-order valence-electron chi connectivity index (χ1n) is 5.87. The number of nitrogen functional groups attached to an aromatic ring is 1. The second kappa shape index (κ2) is 4.83. The second-order valence-electron chi connectivity index (χ2n) is 4.79. The Morgan fingerprint density at radius 3 is 2.56 bits per heavy atom. The van der Waals surface area contributed by atoms with Crippen LogP contribution in [0.5, 0.6) is 0 Å². The molecule has 1 fully saturated rings. The van der Waals surface area contributed by atoms with Crippen molar-refractivity contribution in [1.29, 1.82) is 0 Å². The molecule has 100 valence electrons. The van der Waals surface area contributed by atoms with Gasteiger partial charge in [-0.25, -0.2) is 8.42 Å². The van der Waals surface area contributed by atoms with E-state index in [9.17, 15) is 8.42 Å². The average Bonchev–Trinajstić information content (AvgIpc) is 2.70. The van der Waals surface area contributed by atoms with E-state index >= 15 is 0 Å². The first-order valence-corrected chi connectivity index (χ1v) is 7.31. The molecule has 18 heavy (non-hydrogen) atoms. The molecule has 0 radical (unpaired) electrons. The largest absolute Gasteiger partial charge is 0.323 e. The van der Waals surface area contributed by atoms with Gasteiger partial charge in [-0.05, 0) is 17.9 Å². The van der Waals surface area contributed by atoms with Gasteiger partial charge in [0, 0.05) is 25.5 Å². The molecule has 0 saturated carbocycles. The Morgan fingerprint density at radius 1 is 1.39 bits per heavy atom. The molecule has 0 amide bonds. The van der Waals surface area contributed by atoms with Crippen molar-refractivity contribution in [2.24, 2.45) is 17.7 Å². The van der Waals surface area contributed by atoms with Crippen LogP contribution in [0.25, 0.3) is 0 Å². The van der Waals surface area contributed by atoms with Crippen LogP contribution in [0.2, 0.25) is 0 Å². The highest BCUT2D eigenvalue weighted by atomic mass is 32.2. The lowest BCUT2D eigenvalue weighted by molar-refractivity contribution is 0.463. The minimum atomic E-state index is -3.52. The van der Waals surface area contributed by atoms with Crippen molar-refractivity contribution in [3.63, 3.8) is 0 Å².